The Morgan fingerprint density at radius 1 is 1.28 bits per heavy atom. The van der Waals surface area contributed by atoms with E-state index >= 15 is 0 Å². The van der Waals surface area contributed by atoms with Crippen molar-refractivity contribution in [1.82, 2.24) is 9.78 Å². The minimum atomic E-state index is -3.14. The molecule has 0 fully saturated rings. The zero-order chi connectivity index (χ0) is 21.9. The first-order valence-electron chi connectivity index (χ1n) is 8.10. The van der Waals surface area contributed by atoms with E-state index < -0.39 is 48.6 Å². The van der Waals surface area contributed by atoms with Crippen LogP contribution in [0, 0.1) is 6.92 Å². The summed E-state index contributed by atoms with van der Waals surface area (Å²) in [5.74, 6) is -2.60. The Kier molecular flexibility index (Phi) is 6.95. The van der Waals surface area contributed by atoms with Gasteiger partial charge in [0.15, 0.2) is 0 Å². The fraction of sp³-hybridized carbons (Fsp3) is 0.375. The molecule has 2 aromatic heterocycles. The van der Waals surface area contributed by atoms with Gasteiger partial charge in [0.25, 0.3) is 18.8 Å². The molecule has 0 aromatic carbocycles. The lowest BCUT2D eigenvalue weighted by Crippen LogP contribution is -2.22. The number of ether oxygens (including phenoxy) is 1. The fourth-order valence-corrected chi connectivity index (χ4v) is 3.51. The average molecular weight is 436 g/mol. The van der Waals surface area contributed by atoms with Crippen molar-refractivity contribution >= 4 is 34.1 Å². The van der Waals surface area contributed by atoms with Gasteiger partial charge < -0.3 is 15.8 Å². The fourth-order valence-electron chi connectivity index (χ4n) is 2.45. The lowest BCUT2D eigenvalue weighted by Gasteiger charge is -2.09. The third kappa shape index (κ3) is 4.91. The average Bonchev–Trinajstić information content (AvgIpc) is 3.16. The minimum Gasteiger partial charge on any atom is -0.462 e. The van der Waals surface area contributed by atoms with E-state index in [-0.39, 0.29) is 27.6 Å². The maximum atomic E-state index is 13.0. The molecule has 0 saturated carbocycles. The molecule has 8 nitrogen and oxygen atoms in total. The van der Waals surface area contributed by atoms with E-state index in [0.717, 1.165) is 0 Å². The number of rotatable bonds is 8. The molecule has 0 unspecified atom stereocenters. The van der Waals surface area contributed by atoms with Gasteiger partial charge in [-0.1, -0.05) is 0 Å². The van der Waals surface area contributed by atoms with Crippen molar-refractivity contribution in [2.75, 3.05) is 11.9 Å². The number of nitrogens with one attached hydrogen (secondary N) is 1. The second kappa shape index (κ2) is 9.03. The second-order valence-corrected chi connectivity index (χ2v) is 6.67. The highest BCUT2D eigenvalue weighted by Crippen LogP contribution is 2.33. The van der Waals surface area contributed by atoms with Crippen LogP contribution in [0.15, 0.2) is 6.07 Å². The first kappa shape index (κ1) is 22.3. The number of halogens is 4. The zero-order valence-corrected chi connectivity index (χ0v) is 16.0. The van der Waals surface area contributed by atoms with Gasteiger partial charge >= 0.3 is 5.97 Å². The highest BCUT2D eigenvalue weighted by Gasteiger charge is 2.27. The van der Waals surface area contributed by atoms with Crippen molar-refractivity contribution in [3.05, 3.63) is 33.5 Å². The van der Waals surface area contributed by atoms with Crippen molar-refractivity contribution < 1.29 is 36.7 Å². The van der Waals surface area contributed by atoms with Crippen LogP contribution in [0.1, 0.15) is 56.8 Å². The normalized spacial score (nSPS) is 11.2. The number of nitrogens with two attached hydrogens (primary N) is 1. The van der Waals surface area contributed by atoms with E-state index in [2.05, 4.69) is 10.4 Å². The Morgan fingerprint density at radius 2 is 1.93 bits per heavy atom. The number of esters is 1. The van der Waals surface area contributed by atoms with E-state index in [1.165, 1.54) is 6.92 Å². The molecule has 158 valence electrons. The molecule has 2 aromatic rings. The zero-order valence-electron chi connectivity index (χ0n) is 15.2. The van der Waals surface area contributed by atoms with E-state index in [1.807, 2.05) is 0 Å². The topological polar surface area (TPSA) is 116 Å². The van der Waals surface area contributed by atoms with Gasteiger partial charge in [-0.2, -0.15) is 5.10 Å². The monoisotopic (exact) mass is 436 g/mol. The van der Waals surface area contributed by atoms with Crippen molar-refractivity contribution in [3.63, 3.8) is 0 Å². The third-order valence-electron chi connectivity index (χ3n) is 3.67. The molecule has 0 aliphatic rings. The van der Waals surface area contributed by atoms with Crippen LogP contribution in [0.4, 0.5) is 22.6 Å². The van der Waals surface area contributed by atoms with Crippen LogP contribution >= 0.6 is 11.3 Å². The molecule has 13 heteroatoms. The molecule has 2 heterocycles. The van der Waals surface area contributed by atoms with Crippen molar-refractivity contribution in [2.24, 2.45) is 5.73 Å². The third-order valence-corrected chi connectivity index (χ3v) is 4.90. The summed E-state index contributed by atoms with van der Waals surface area (Å²) in [5.41, 5.74) is 3.56. The van der Waals surface area contributed by atoms with Crippen LogP contribution in [-0.4, -0.2) is 34.2 Å². The summed E-state index contributed by atoms with van der Waals surface area (Å²) in [6, 6.07) is 0.507. The molecular weight excluding hydrogens is 420 g/mol. The SMILES string of the molecule is CCOC(=O)c1c(NC(=O)Cn2nc(C(F)F)cc2C(F)F)sc(C(N)=O)c1C. The number of anilines is 1. The van der Waals surface area contributed by atoms with Gasteiger partial charge in [0.1, 0.15) is 22.9 Å². The van der Waals surface area contributed by atoms with Gasteiger partial charge in [-0.05, 0) is 25.5 Å². The molecule has 0 aliphatic heterocycles. The van der Waals surface area contributed by atoms with Crippen LogP contribution < -0.4 is 11.1 Å². The van der Waals surface area contributed by atoms with Gasteiger partial charge in [0.05, 0.1) is 17.0 Å². The number of alkyl halides is 4. The number of carbonyl (C=O) groups excluding carboxylic acids is 3. The van der Waals surface area contributed by atoms with Gasteiger partial charge in [-0.15, -0.1) is 11.3 Å². The number of hydrogen-bond acceptors (Lipinski definition) is 6. The van der Waals surface area contributed by atoms with Gasteiger partial charge in [0.2, 0.25) is 5.91 Å². The molecular formula is C16H16F4N4O4S. The minimum absolute atomic E-state index is 0.00398. The molecule has 2 rings (SSSR count). The van der Waals surface area contributed by atoms with Crippen molar-refractivity contribution in [3.8, 4) is 0 Å². The summed E-state index contributed by atoms with van der Waals surface area (Å²) in [6.07, 6.45) is -6.23. The number of carbonyl (C=O) groups is 3. The highest BCUT2D eigenvalue weighted by atomic mass is 32.1. The second-order valence-electron chi connectivity index (χ2n) is 5.65. The first-order chi connectivity index (χ1) is 13.6. The summed E-state index contributed by atoms with van der Waals surface area (Å²) in [4.78, 5) is 36.0. The van der Waals surface area contributed by atoms with E-state index in [9.17, 15) is 31.9 Å². The van der Waals surface area contributed by atoms with Gasteiger partial charge in [-0.3, -0.25) is 14.3 Å². The van der Waals surface area contributed by atoms with Crippen LogP contribution in [0.2, 0.25) is 0 Å². The Bertz CT molecular complexity index is 942. The number of aromatic nitrogens is 2. The standard InChI is InChI=1S/C16H16F4N4O4S/c1-3-28-16(27)10-6(2)11(14(21)26)29-15(10)22-9(25)5-24-8(13(19)20)4-7(23-24)12(17)18/h4,12-13H,3,5H2,1-2H3,(H2,21,26)(H,22,25). The smallest absolute Gasteiger partial charge is 0.341 e. The molecule has 0 radical (unpaired) electrons. The summed E-state index contributed by atoms with van der Waals surface area (Å²) in [7, 11) is 0. The van der Waals surface area contributed by atoms with Gasteiger partial charge in [0, 0.05) is 0 Å². The van der Waals surface area contributed by atoms with E-state index in [0.29, 0.717) is 22.1 Å². The predicted molar refractivity (Wildman–Crippen MR) is 94.3 cm³/mol. The first-order valence-corrected chi connectivity index (χ1v) is 8.92. The molecule has 2 amide bonds. The van der Waals surface area contributed by atoms with Crippen LogP contribution in [0.25, 0.3) is 0 Å². The van der Waals surface area contributed by atoms with E-state index in [4.69, 9.17) is 10.5 Å². The predicted octanol–water partition coefficient (Wildman–Crippen LogP) is 3.04. The Hall–Kier alpha value is -2.96. The van der Waals surface area contributed by atoms with Crippen LogP contribution in [0.3, 0.4) is 0 Å². The summed E-state index contributed by atoms with van der Waals surface area (Å²) in [5, 5.41) is 5.53. The molecule has 0 aliphatic carbocycles. The number of thiophene rings is 1. The maximum Gasteiger partial charge on any atom is 0.341 e. The lowest BCUT2D eigenvalue weighted by molar-refractivity contribution is -0.117. The lowest BCUT2D eigenvalue weighted by atomic mass is 10.1. The van der Waals surface area contributed by atoms with E-state index in [1.54, 1.807) is 6.92 Å². The number of nitrogens with zero attached hydrogens (tertiary/aromatic N) is 2. The van der Waals surface area contributed by atoms with Gasteiger partial charge in [-0.25, -0.2) is 22.4 Å². The van der Waals surface area contributed by atoms with Crippen molar-refractivity contribution in [1.29, 1.82) is 0 Å². The summed E-state index contributed by atoms with van der Waals surface area (Å²) in [6.45, 7) is 2.18. The molecule has 0 bridgehead atoms. The number of hydrogen-bond donors (Lipinski definition) is 2. The Labute approximate surface area is 165 Å². The molecule has 3 N–H and O–H groups in total. The summed E-state index contributed by atoms with van der Waals surface area (Å²) < 4.78 is 56.9. The largest absolute Gasteiger partial charge is 0.462 e. The maximum absolute atomic E-state index is 13.0. The van der Waals surface area contributed by atoms with Crippen LogP contribution in [-0.2, 0) is 16.1 Å². The van der Waals surface area contributed by atoms with Crippen LogP contribution in [0.5, 0.6) is 0 Å². The molecule has 0 saturated heterocycles. The number of primary amides is 1. The quantitative estimate of drug-likeness (QED) is 0.487. The number of amides is 2. The van der Waals surface area contributed by atoms with Crippen molar-refractivity contribution in [2.45, 2.75) is 33.2 Å². The molecule has 29 heavy (non-hydrogen) atoms. The highest BCUT2D eigenvalue weighted by molar-refractivity contribution is 7.18. The molecule has 0 atom stereocenters. The molecule has 0 spiro atoms. The Balaban J connectivity index is 2.33. The Morgan fingerprint density at radius 3 is 2.45 bits per heavy atom. The summed E-state index contributed by atoms with van der Waals surface area (Å²) >= 11 is 0.703.